The quantitative estimate of drug-likeness (QED) is 0.525. The number of hydrogen-bond acceptors (Lipinski definition) is 2. The molecule has 2 nitrogen and oxygen atoms in total. The second-order valence-electron chi connectivity index (χ2n) is 2.65. The van der Waals surface area contributed by atoms with Crippen LogP contribution in [0, 0.1) is 6.92 Å². The molecule has 0 atom stereocenters. The summed E-state index contributed by atoms with van der Waals surface area (Å²) in [5.41, 5.74) is 1.21. The Hall–Kier alpha value is -1.25. The van der Waals surface area contributed by atoms with Crippen LogP contribution in [0.15, 0.2) is 18.2 Å². The van der Waals surface area contributed by atoms with E-state index in [9.17, 15) is 9.90 Å². The van der Waals surface area contributed by atoms with Crippen molar-refractivity contribution in [3.63, 3.8) is 0 Å². The summed E-state index contributed by atoms with van der Waals surface area (Å²) >= 11 is 0. The summed E-state index contributed by atoms with van der Waals surface area (Å²) in [7, 11) is 5.15. The van der Waals surface area contributed by atoms with E-state index in [4.69, 9.17) is 7.85 Å². The lowest BCUT2D eigenvalue weighted by Crippen LogP contribution is -1.97. The third-order valence-corrected chi connectivity index (χ3v) is 1.64. The topological polar surface area (TPSA) is 37.3 Å². The van der Waals surface area contributed by atoms with E-state index in [2.05, 4.69) is 0 Å². The van der Waals surface area contributed by atoms with Gasteiger partial charge >= 0.3 is 0 Å². The molecule has 0 amide bonds. The smallest absolute Gasteiger partial charge is 0.158 e. The molecule has 0 saturated heterocycles. The molecule has 2 radical (unpaired) electrons. The number of Topliss-reactive ketones (excluding diaryl/α,β-unsaturated/α-hetero) is 1. The average Bonchev–Trinajstić information content (AvgIpc) is 2.03. The highest BCUT2D eigenvalue weighted by Crippen LogP contribution is 2.19. The Kier molecular flexibility index (Phi) is 2.53. The third kappa shape index (κ3) is 1.67. The highest BCUT2D eigenvalue weighted by atomic mass is 16.3. The van der Waals surface area contributed by atoms with E-state index in [-0.39, 0.29) is 17.9 Å². The van der Waals surface area contributed by atoms with E-state index in [1.54, 1.807) is 18.2 Å². The summed E-state index contributed by atoms with van der Waals surface area (Å²) in [6.45, 7) is 1.84. The fourth-order valence-corrected chi connectivity index (χ4v) is 0.987. The number of benzene rings is 1. The van der Waals surface area contributed by atoms with Gasteiger partial charge in [-0.3, -0.25) is 4.79 Å². The molecule has 1 N–H and O–H groups in total. The summed E-state index contributed by atoms with van der Waals surface area (Å²) in [6, 6.07) is 4.89. The van der Waals surface area contributed by atoms with E-state index in [0.717, 1.165) is 5.56 Å². The van der Waals surface area contributed by atoms with E-state index >= 15 is 0 Å². The van der Waals surface area contributed by atoms with E-state index in [1.165, 1.54) is 0 Å². The SMILES string of the molecule is [B]CC(=O)c1ccc(C)cc1O. The highest BCUT2D eigenvalue weighted by molar-refractivity contribution is 6.24. The van der Waals surface area contributed by atoms with Crippen LogP contribution >= 0.6 is 0 Å². The highest BCUT2D eigenvalue weighted by Gasteiger charge is 2.07. The first-order valence-corrected chi connectivity index (χ1v) is 3.68. The number of ketones is 1. The molecular formula is C9H9BO2. The van der Waals surface area contributed by atoms with Gasteiger partial charge in [0.05, 0.1) is 13.4 Å². The summed E-state index contributed by atoms with van der Waals surface area (Å²) in [6.07, 6.45) is -0.0728. The molecule has 0 aliphatic heterocycles. The molecule has 0 saturated carbocycles. The summed E-state index contributed by atoms with van der Waals surface area (Å²) in [5.74, 6) is -0.238. The van der Waals surface area contributed by atoms with Crippen molar-refractivity contribution in [2.75, 3.05) is 0 Å². The predicted octanol–water partition coefficient (Wildman–Crippen LogP) is 1.47. The van der Waals surface area contributed by atoms with Crippen molar-refractivity contribution < 1.29 is 9.90 Å². The Morgan fingerprint density at radius 1 is 1.58 bits per heavy atom. The zero-order valence-corrected chi connectivity index (χ0v) is 6.87. The lowest BCUT2D eigenvalue weighted by atomic mass is 9.95. The van der Waals surface area contributed by atoms with Crippen molar-refractivity contribution in [2.45, 2.75) is 13.2 Å². The van der Waals surface area contributed by atoms with Gasteiger partial charge in [-0.25, -0.2) is 0 Å². The summed E-state index contributed by atoms with van der Waals surface area (Å²) in [4.78, 5) is 11.1. The molecule has 0 aromatic heterocycles. The first-order chi connectivity index (χ1) is 5.65. The Labute approximate surface area is 72.6 Å². The molecular weight excluding hydrogens is 151 g/mol. The molecule has 0 bridgehead atoms. The van der Waals surface area contributed by atoms with Crippen LogP contribution < -0.4 is 0 Å². The number of carbonyl (C=O) groups excluding carboxylic acids is 1. The molecule has 60 valence electrons. The molecule has 1 rings (SSSR count). The maximum Gasteiger partial charge on any atom is 0.158 e. The van der Waals surface area contributed by atoms with Crippen LogP contribution in [0.1, 0.15) is 15.9 Å². The van der Waals surface area contributed by atoms with Gasteiger partial charge < -0.3 is 5.11 Å². The number of phenolic OH excluding ortho intramolecular Hbond substituents is 1. The fourth-order valence-electron chi connectivity index (χ4n) is 0.987. The number of hydrogen-bond donors (Lipinski definition) is 1. The van der Waals surface area contributed by atoms with Gasteiger partial charge in [-0.15, -0.1) is 0 Å². The summed E-state index contributed by atoms with van der Waals surface area (Å²) in [5, 5.41) is 9.32. The van der Waals surface area contributed by atoms with Crippen molar-refractivity contribution in [3.05, 3.63) is 29.3 Å². The van der Waals surface area contributed by atoms with Crippen LogP contribution in [0.2, 0.25) is 6.32 Å². The minimum atomic E-state index is -0.243. The number of rotatable bonds is 2. The number of phenols is 1. The molecule has 1 aromatic rings. The zero-order valence-electron chi connectivity index (χ0n) is 6.87. The molecule has 0 fully saturated rings. The Bertz CT molecular complexity index is 307. The molecule has 1 aromatic carbocycles. The first kappa shape index (κ1) is 8.85. The molecule has 0 aliphatic carbocycles. The standard InChI is InChI=1S/C9H9BO2/c1-6-2-3-7(8(11)4-6)9(12)5-10/h2-4,11H,5H2,1H3. The van der Waals surface area contributed by atoms with E-state index < -0.39 is 0 Å². The van der Waals surface area contributed by atoms with Crippen LogP contribution in [0.25, 0.3) is 0 Å². The largest absolute Gasteiger partial charge is 0.507 e. The van der Waals surface area contributed by atoms with Gasteiger partial charge in [0.1, 0.15) is 5.75 Å². The average molecular weight is 160 g/mol. The van der Waals surface area contributed by atoms with Crippen molar-refractivity contribution in [1.82, 2.24) is 0 Å². The minimum Gasteiger partial charge on any atom is -0.507 e. The second kappa shape index (κ2) is 3.43. The van der Waals surface area contributed by atoms with Gasteiger partial charge in [0.15, 0.2) is 5.78 Å². The van der Waals surface area contributed by atoms with Gasteiger partial charge in [0, 0.05) is 0 Å². The molecule has 0 spiro atoms. The van der Waals surface area contributed by atoms with Crippen molar-refractivity contribution in [2.24, 2.45) is 0 Å². The number of carbonyl (C=O) groups is 1. The molecule has 3 heteroatoms. The first-order valence-electron chi connectivity index (χ1n) is 3.68. The lowest BCUT2D eigenvalue weighted by Gasteiger charge is -2.02. The van der Waals surface area contributed by atoms with Crippen LogP contribution in [0.4, 0.5) is 0 Å². The van der Waals surface area contributed by atoms with Crippen LogP contribution in [0.3, 0.4) is 0 Å². The Balaban J connectivity index is 3.09. The zero-order chi connectivity index (χ0) is 9.14. The molecule has 0 unspecified atom stereocenters. The van der Waals surface area contributed by atoms with E-state index in [0.29, 0.717) is 5.56 Å². The maximum absolute atomic E-state index is 11.1. The van der Waals surface area contributed by atoms with E-state index in [1.807, 2.05) is 6.92 Å². The second-order valence-corrected chi connectivity index (χ2v) is 2.65. The van der Waals surface area contributed by atoms with Crippen LogP contribution in [0.5, 0.6) is 5.75 Å². The Morgan fingerprint density at radius 3 is 2.75 bits per heavy atom. The van der Waals surface area contributed by atoms with Gasteiger partial charge in [0.25, 0.3) is 0 Å². The van der Waals surface area contributed by atoms with Gasteiger partial charge in [-0.05, 0) is 30.9 Å². The van der Waals surface area contributed by atoms with Gasteiger partial charge in [-0.1, -0.05) is 6.07 Å². The van der Waals surface area contributed by atoms with Crippen molar-refractivity contribution >= 4 is 13.6 Å². The van der Waals surface area contributed by atoms with Crippen LogP contribution in [-0.2, 0) is 0 Å². The van der Waals surface area contributed by atoms with Crippen LogP contribution in [-0.4, -0.2) is 18.7 Å². The normalized spacial score (nSPS) is 9.75. The number of aryl methyl sites for hydroxylation is 1. The third-order valence-electron chi connectivity index (χ3n) is 1.64. The monoisotopic (exact) mass is 160 g/mol. The van der Waals surface area contributed by atoms with Gasteiger partial charge in [-0.2, -0.15) is 0 Å². The lowest BCUT2D eigenvalue weighted by molar-refractivity contribution is 0.101. The number of aromatic hydroxyl groups is 1. The van der Waals surface area contributed by atoms with Gasteiger partial charge in [0.2, 0.25) is 0 Å². The maximum atomic E-state index is 11.1. The minimum absolute atomic E-state index is 0.00505. The fraction of sp³-hybridized carbons (Fsp3) is 0.222. The van der Waals surface area contributed by atoms with Crippen molar-refractivity contribution in [3.8, 4) is 5.75 Å². The Morgan fingerprint density at radius 2 is 2.25 bits per heavy atom. The van der Waals surface area contributed by atoms with Crippen molar-refractivity contribution in [1.29, 1.82) is 0 Å². The molecule has 0 heterocycles. The molecule has 0 aliphatic rings. The summed E-state index contributed by atoms with van der Waals surface area (Å²) < 4.78 is 0. The predicted molar refractivity (Wildman–Crippen MR) is 47.7 cm³/mol. The molecule has 12 heavy (non-hydrogen) atoms.